The van der Waals surface area contributed by atoms with Crippen LogP contribution < -0.4 is 10.5 Å². The first kappa shape index (κ1) is 14.5. The van der Waals surface area contributed by atoms with Gasteiger partial charge in [0.1, 0.15) is 12.3 Å². The van der Waals surface area contributed by atoms with Crippen LogP contribution >= 0.6 is 0 Å². The molecule has 20 heavy (non-hydrogen) atoms. The SMILES string of the molecule is COc1ccc(C(=O)N(CC(F)(F)F)C2CC2)c(N)c1. The molecule has 1 aromatic rings. The van der Waals surface area contributed by atoms with Crippen molar-refractivity contribution >= 4 is 11.6 Å². The number of nitrogen functional groups attached to an aromatic ring is 1. The summed E-state index contributed by atoms with van der Waals surface area (Å²) in [7, 11) is 1.44. The molecule has 1 amide bonds. The summed E-state index contributed by atoms with van der Waals surface area (Å²) in [5.74, 6) is -0.238. The number of benzene rings is 1. The maximum atomic E-state index is 12.5. The van der Waals surface area contributed by atoms with Crippen molar-refractivity contribution in [1.82, 2.24) is 4.90 Å². The summed E-state index contributed by atoms with van der Waals surface area (Å²) in [5, 5.41) is 0. The third kappa shape index (κ3) is 3.34. The molecule has 1 aliphatic carbocycles. The molecule has 110 valence electrons. The average Bonchev–Trinajstić information content (AvgIpc) is 3.18. The van der Waals surface area contributed by atoms with Crippen LogP contribution in [-0.2, 0) is 0 Å². The van der Waals surface area contributed by atoms with Crippen LogP contribution in [0.2, 0.25) is 0 Å². The Morgan fingerprint density at radius 1 is 1.45 bits per heavy atom. The van der Waals surface area contributed by atoms with Crippen LogP contribution in [0.5, 0.6) is 5.75 Å². The Labute approximate surface area is 114 Å². The Bertz CT molecular complexity index is 513. The number of carbonyl (C=O) groups excluding carboxylic acids is 1. The second kappa shape index (κ2) is 5.22. The predicted molar refractivity (Wildman–Crippen MR) is 67.5 cm³/mol. The van der Waals surface area contributed by atoms with Crippen molar-refractivity contribution in [3.05, 3.63) is 23.8 Å². The first-order valence-corrected chi connectivity index (χ1v) is 6.13. The first-order valence-electron chi connectivity index (χ1n) is 6.13. The number of nitrogens with two attached hydrogens (primary N) is 1. The fourth-order valence-corrected chi connectivity index (χ4v) is 1.96. The molecular weight excluding hydrogens is 273 g/mol. The van der Waals surface area contributed by atoms with Gasteiger partial charge in [0.25, 0.3) is 5.91 Å². The van der Waals surface area contributed by atoms with Crippen molar-refractivity contribution < 1.29 is 22.7 Å². The molecule has 0 aromatic heterocycles. The fraction of sp³-hybridized carbons (Fsp3) is 0.462. The smallest absolute Gasteiger partial charge is 0.406 e. The Morgan fingerprint density at radius 2 is 2.10 bits per heavy atom. The largest absolute Gasteiger partial charge is 0.497 e. The topological polar surface area (TPSA) is 55.6 Å². The van der Waals surface area contributed by atoms with Gasteiger partial charge in [0.2, 0.25) is 0 Å². The molecule has 0 spiro atoms. The number of alkyl halides is 3. The number of ether oxygens (including phenoxy) is 1. The molecule has 0 aliphatic heterocycles. The van der Waals surface area contributed by atoms with E-state index >= 15 is 0 Å². The standard InChI is InChI=1S/C13H15F3N2O2/c1-20-9-4-5-10(11(17)6-9)12(19)18(8-2-3-8)7-13(14,15)16/h4-6,8H,2-3,7,17H2,1H3. The van der Waals surface area contributed by atoms with E-state index < -0.39 is 18.6 Å². The zero-order valence-electron chi connectivity index (χ0n) is 10.9. The third-order valence-corrected chi connectivity index (χ3v) is 3.09. The normalized spacial score (nSPS) is 15.0. The molecule has 7 heteroatoms. The molecule has 2 rings (SSSR count). The van der Waals surface area contributed by atoms with E-state index in [0.717, 1.165) is 4.90 Å². The lowest BCUT2D eigenvalue weighted by molar-refractivity contribution is -0.141. The number of anilines is 1. The summed E-state index contributed by atoms with van der Waals surface area (Å²) in [6.45, 7) is -1.25. The van der Waals surface area contributed by atoms with Gasteiger partial charge in [-0.1, -0.05) is 0 Å². The predicted octanol–water partition coefficient (Wildman–Crippen LogP) is 2.44. The van der Waals surface area contributed by atoms with Gasteiger partial charge in [0.15, 0.2) is 0 Å². The van der Waals surface area contributed by atoms with Gasteiger partial charge in [0.05, 0.1) is 12.7 Å². The van der Waals surface area contributed by atoms with Crippen molar-refractivity contribution in [2.75, 3.05) is 19.4 Å². The highest BCUT2D eigenvalue weighted by Gasteiger charge is 2.41. The number of rotatable bonds is 4. The van der Waals surface area contributed by atoms with Gasteiger partial charge in [0, 0.05) is 17.8 Å². The van der Waals surface area contributed by atoms with E-state index in [1.165, 1.54) is 25.3 Å². The number of amides is 1. The van der Waals surface area contributed by atoms with Crippen molar-refractivity contribution in [3.8, 4) is 5.75 Å². The molecular formula is C13H15F3N2O2. The minimum atomic E-state index is -4.42. The van der Waals surface area contributed by atoms with Gasteiger partial charge in [-0.15, -0.1) is 0 Å². The summed E-state index contributed by atoms with van der Waals surface area (Å²) in [6, 6.07) is 3.97. The van der Waals surface area contributed by atoms with E-state index in [4.69, 9.17) is 10.5 Å². The summed E-state index contributed by atoms with van der Waals surface area (Å²) < 4.78 is 42.6. The Balaban J connectivity index is 2.23. The van der Waals surface area contributed by atoms with E-state index in [1.807, 2.05) is 0 Å². The monoisotopic (exact) mass is 288 g/mol. The number of methoxy groups -OCH3 is 1. The van der Waals surface area contributed by atoms with Gasteiger partial charge in [-0.25, -0.2) is 0 Å². The van der Waals surface area contributed by atoms with Gasteiger partial charge < -0.3 is 15.4 Å². The number of hydrogen-bond donors (Lipinski definition) is 1. The lowest BCUT2D eigenvalue weighted by Gasteiger charge is -2.24. The minimum absolute atomic E-state index is 0.0713. The van der Waals surface area contributed by atoms with Gasteiger partial charge in [-0.2, -0.15) is 13.2 Å². The van der Waals surface area contributed by atoms with Gasteiger partial charge in [-0.05, 0) is 25.0 Å². The Morgan fingerprint density at radius 3 is 2.55 bits per heavy atom. The van der Waals surface area contributed by atoms with E-state index in [0.29, 0.717) is 18.6 Å². The summed E-state index contributed by atoms with van der Waals surface area (Å²) >= 11 is 0. The van der Waals surface area contributed by atoms with Crippen LogP contribution in [0, 0.1) is 0 Å². The number of hydrogen-bond acceptors (Lipinski definition) is 3. The first-order chi connectivity index (χ1) is 9.31. The van der Waals surface area contributed by atoms with Crippen molar-refractivity contribution in [1.29, 1.82) is 0 Å². The van der Waals surface area contributed by atoms with Crippen molar-refractivity contribution in [2.45, 2.75) is 25.1 Å². The zero-order valence-corrected chi connectivity index (χ0v) is 10.9. The van der Waals surface area contributed by atoms with Crippen molar-refractivity contribution in [3.63, 3.8) is 0 Å². The number of halogens is 3. The van der Waals surface area contributed by atoms with Gasteiger partial charge >= 0.3 is 6.18 Å². The summed E-state index contributed by atoms with van der Waals surface area (Å²) in [4.78, 5) is 13.1. The van der Waals surface area contributed by atoms with Gasteiger partial charge in [-0.3, -0.25) is 4.79 Å². The maximum absolute atomic E-state index is 12.5. The van der Waals surface area contributed by atoms with E-state index in [-0.39, 0.29) is 17.3 Å². The maximum Gasteiger partial charge on any atom is 0.406 e. The van der Waals surface area contributed by atoms with Crippen LogP contribution in [0.4, 0.5) is 18.9 Å². The van der Waals surface area contributed by atoms with Crippen LogP contribution in [0.25, 0.3) is 0 Å². The zero-order chi connectivity index (χ0) is 14.9. The highest BCUT2D eigenvalue weighted by molar-refractivity contribution is 5.99. The quantitative estimate of drug-likeness (QED) is 0.866. The minimum Gasteiger partial charge on any atom is -0.497 e. The lowest BCUT2D eigenvalue weighted by atomic mass is 10.1. The van der Waals surface area contributed by atoms with E-state index in [2.05, 4.69) is 0 Å². The molecule has 1 saturated carbocycles. The Kier molecular flexibility index (Phi) is 3.78. The lowest BCUT2D eigenvalue weighted by Crippen LogP contribution is -2.40. The number of nitrogens with zero attached hydrogens (tertiary/aromatic N) is 1. The molecule has 0 saturated heterocycles. The molecule has 0 unspecified atom stereocenters. The molecule has 0 atom stereocenters. The third-order valence-electron chi connectivity index (χ3n) is 3.09. The van der Waals surface area contributed by atoms with Crippen LogP contribution in [-0.4, -0.2) is 36.7 Å². The second-order valence-corrected chi connectivity index (χ2v) is 4.73. The van der Waals surface area contributed by atoms with Crippen LogP contribution in [0.1, 0.15) is 23.2 Å². The van der Waals surface area contributed by atoms with E-state index in [1.54, 1.807) is 0 Å². The molecule has 0 bridgehead atoms. The molecule has 0 heterocycles. The molecule has 1 aromatic carbocycles. The summed E-state index contributed by atoms with van der Waals surface area (Å²) in [6.07, 6.45) is -3.23. The highest BCUT2D eigenvalue weighted by atomic mass is 19.4. The molecule has 0 radical (unpaired) electrons. The summed E-state index contributed by atoms with van der Waals surface area (Å²) in [5.41, 5.74) is 5.90. The van der Waals surface area contributed by atoms with Crippen LogP contribution in [0.3, 0.4) is 0 Å². The molecule has 2 N–H and O–H groups in total. The molecule has 1 fully saturated rings. The van der Waals surface area contributed by atoms with Crippen molar-refractivity contribution in [2.24, 2.45) is 0 Å². The highest BCUT2D eigenvalue weighted by Crippen LogP contribution is 2.32. The Hall–Kier alpha value is -1.92. The second-order valence-electron chi connectivity index (χ2n) is 4.73. The average molecular weight is 288 g/mol. The van der Waals surface area contributed by atoms with Crippen LogP contribution in [0.15, 0.2) is 18.2 Å². The molecule has 1 aliphatic rings. The number of carbonyl (C=O) groups is 1. The van der Waals surface area contributed by atoms with E-state index in [9.17, 15) is 18.0 Å². The molecule has 4 nitrogen and oxygen atoms in total. The fourth-order valence-electron chi connectivity index (χ4n) is 1.96.